The van der Waals surface area contributed by atoms with Crippen molar-refractivity contribution in [3.63, 3.8) is 0 Å². The predicted octanol–water partition coefficient (Wildman–Crippen LogP) is 1.68. The van der Waals surface area contributed by atoms with Crippen LogP contribution in [0.4, 0.5) is 5.69 Å². The molecule has 1 aliphatic rings. The van der Waals surface area contributed by atoms with Crippen molar-refractivity contribution < 1.29 is 22.8 Å². The van der Waals surface area contributed by atoms with Gasteiger partial charge in [-0.1, -0.05) is 62.2 Å². The third kappa shape index (κ3) is 7.05. The normalized spacial score (nSPS) is 16.4. The van der Waals surface area contributed by atoms with E-state index in [0.717, 1.165) is 34.7 Å². The zero-order chi connectivity index (χ0) is 25.4. The number of carbonyl (C=O) groups is 3. The van der Waals surface area contributed by atoms with Crippen LogP contribution in [0, 0.1) is 11.8 Å². The standard InChI is InChI=1S/C25H32N4O5S/c1-2-3-7-14-27-25(32)22(21(24(26)31)15-18-8-5-4-6-9-18)16-19-10-12-20(13-11-19)29-17-23(30)28-35(29,33)34/h4-6,8-13,21-22H,2-3,7,14-17H2,1H3,(H2,26,31)(H,27,32)(H,28,30)/t21?,22-/m0/s1. The lowest BCUT2D eigenvalue weighted by Crippen LogP contribution is -2.42. The Morgan fingerprint density at radius 3 is 2.20 bits per heavy atom. The molecular formula is C25H32N4O5S. The summed E-state index contributed by atoms with van der Waals surface area (Å²) in [6.07, 6.45) is 3.45. The molecule has 3 amide bonds. The second-order valence-corrected chi connectivity index (χ2v) is 10.3. The fourth-order valence-corrected chi connectivity index (χ4v) is 5.32. The highest BCUT2D eigenvalue weighted by molar-refractivity contribution is 7.92. The fourth-order valence-electron chi connectivity index (χ4n) is 4.17. The van der Waals surface area contributed by atoms with Crippen LogP contribution in [0.1, 0.15) is 37.3 Å². The number of benzene rings is 2. The minimum absolute atomic E-state index is 0.234. The molecule has 1 aliphatic heterocycles. The molecule has 1 heterocycles. The number of unbranched alkanes of at least 4 members (excludes halogenated alkanes) is 2. The minimum atomic E-state index is -3.90. The average Bonchev–Trinajstić information content (AvgIpc) is 3.11. The Hall–Kier alpha value is -3.40. The van der Waals surface area contributed by atoms with E-state index in [-0.39, 0.29) is 18.9 Å². The van der Waals surface area contributed by atoms with Gasteiger partial charge in [0.1, 0.15) is 6.54 Å². The van der Waals surface area contributed by atoms with Crippen LogP contribution in [0.15, 0.2) is 54.6 Å². The van der Waals surface area contributed by atoms with E-state index in [1.165, 1.54) is 0 Å². The number of hydrogen-bond acceptors (Lipinski definition) is 5. The highest BCUT2D eigenvalue weighted by Crippen LogP contribution is 2.26. The molecule has 1 unspecified atom stereocenters. The third-order valence-corrected chi connectivity index (χ3v) is 7.47. The number of carbonyl (C=O) groups excluding carboxylic acids is 3. The summed E-state index contributed by atoms with van der Waals surface area (Å²) in [5.41, 5.74) is 7.77. The molecule has 3 rings (SSSR count). The Kier molecular flexibility index (Phi) is 8.86. The van der Waals surface area contributed by atoms with Crippen molar-refractivity contribution in [2.24, 2.45) is 17.6 Å². The van der Waals surface area contributed by atoms with Gasteiger partial charge in [-0.25, -0.2) is 9.03 Å². The number of rotatable bonds is 12. The quantitative estimate of drug-likeness (QED) is 0.381. The van der Waals surface area contributed by atoms with Crippen molar-refractivity contribution in [2.45, 2.75) is 39.0 Å². The molecule has 0 saturated carbocycles. The van der Waals surface area contributed by atoms with Gasteiger partial charge in [-0.3, -0.25) is 14.4 Å². The smallest absolute Gasteiger partial charge is 0.326 e. The van der Waals surface area contributed by atoms with Gasteiger partial charge in [-0.05, 0) is 42.5 Å². The molecule has 2 aromatic carbocycles. The lowest BCUT2D eigenvalue weighted by Gasteiger charge is -2.25. The number of anilines is 1. The SMILES string of the molecule is CCCCCNC(=O)[C@@H](Cc1ccc(N2CC(=O)NS2(=O)=O)cc1)C(Cc1ccccc1)C(N)=O. The molecule has 0 radical (unpaired) electrons. The zero-order valence-corrected chi connectivity index (χ0v) is 20.6. The van der Waals surface area contributed by atoms with Crippen LogP contribution in [0.3, 0.4) is 0 Å². The number of primary amides is 1. The summed E-state index contributed by atoms with van der Waals surface area (Å²) >= 11 is 0. The maximum atomic E-state index is 13.2. The van der Waals surface area contributed by atoms with Crippen molar-refractivity contribution in [1.82, 2.24) is 10.0 Å². The van der Waals surface area contributed by atoms with E-state index in [4.69, 9.17) is 5.73 Å². The highest BCUT2D eigenvalue weighted by atomic mass is 32.2. The number of nitrogens with zero attached hydrogens (tertiary/aromatic N) is 1. The van der Waals surface area contributed by atoms with Gasteiger partial charge in [-0.2, -0.15) is 8.42 Å². The van der Waals surface area contributed by atoms with Gasteiger partial charge in [0.05, 0.1) is 17.5 Å². The molecule has 35 heavy (non-hydrogen) atoms. The Morgan fingerprint density at radius 1 is 1.00 bits per heavy atom. The van der Waals surface area contributed by atoms with E-state index < -0.39 is 33.9 Å². The minimum Gasteiger partial charge on any atom is -0.369 e. The molecule has 4 N–H and O–H groups in total. The van der Waals surface area contributed by atoms with Gasteiger partial charge < -0.3 is 11.1 Å². The molecule has 1 fully saturated rings. The molecule has 2 aromatic rings. The van der Waals surface area contributed by atoms with Gasteiger partial charge in [-0.15, -0.1) is 0 Å². The van der Waals surface area contributed by atoms with Gasteiger partial charge >= 0.3 is 10.2 Å². The highest BCUT2D eigenvalue weighted by Gasteiger charge is 2.35. The van der Waals surface area contributed by atoms with Crippen LogP contribution in [-0.2, 0) is 37.4 Å². The van der Waals surface area contributed by atoms with Crippen molar-refractivity contribution >= 4 is 33.6 Å². The molecule has 0 bridgehead atoms. The van der Waals surface area contributed by atoms with Gasteiger partial charge in [0.2, 0.25) is 11.8 Å². The maximum absolute atomic E-state index is 13.2. The van der Waals surface area contributed by atoms with Crippen LogP contribution in [0.25, 0.3) is 0 Å². The first kappa shape index (κ1) is 26.2. The van der Waals surface area contributed by atoms with E-state index in [2.05, 4.69) is 12.2 Å². The number of hydrogen-bond donors (Lipinski definition) is 3. The molecule has 1 saturated heterocycles. The zero-order valence-electron chi connectivity index (χ0n) is 19.8. The fraction of sp³-hybridized carbons (Fsp3) is 0.400. The first-order chi connectivity index (χ1) is 16.7. The third-order valence-electron chi connectivity index (χ3n) is 6.07. The van der Waals surface area contributed by atoms with Gasteiger partial charge in [0.15, 0.2) is 0 Å². The monoisotopic (exact) mass is 500 g/mol. The average molecular weight is 501 g/mol. The first-order valence-electron chi connectivity index (χ1n) is 11.7. The van der Waals surface area contributed by atoms with Gasteiger partial charge in [0, 0.05) is 6.54 Å². The van der Waals surface area contributed by atoms with Crippen molar-refractivity contribution in [2.75, 3.05) is 17.4 Å². The molecule has 188 valence electrons. The van der Waals surface area contributed by atoms with E-state index in [0.29, 0.717) is 18.7 Å². The summed E-state index contributed by atoms with van der Waals surface area (Å²) in [5.74, 6) is -2.80. The molecule has 2 atom stereocenters. The van der Waals surface area contributed by atoms with Crippen LogP contribution in [-0.4, -0.2) is 39.2 Å². The first-order valence-corrected chi connectivity index (χ1v) is 13.2. The van der Waals surface area contributed by atoms with E-state index in [9.17, 15) is 22.8 Å². The number of nitrogens with two attached hydrogens (primary N) is 1. The van der Waals surface area contributed by atoms with Crippen LogP contribution in [0.2, 0.25) is 0 Å². The molecule has 9 nitrogen and oxygen atoms in total. The molecule has 10 heteroatoms. The van der Waals surface area contributed by atoms with Crippen LogP contribution in [0.5, 0.6) is 0 Å². The Balaban J connectivity index is 1.82. The van der Waals surface area contributed by atoms with E-state index in [1.807, 2.05) is 35.1 Å². The summed E-state index contributed by atoms with van der Waals surface area (Å²) in [7, 11) is -3.90. The van der Waals surface area contributed by atoms with Crippen LogP contribution >= 0.6 is 0 Å². The predicted molar refractivity (Wildman–Crippen MR) is 133 cm³/mol. The molecule has 0 aromatic heterocycles. The Morgan fingerprint density at radius 2 is 1.63 bits per heavy atom. The summed E-state index contributed by atoms with van der Waals surface area (Å²) in [6, 6.07) is 16.0. The Labute approximate surface area is 206 Å². The van der Waals surface area contributed by atoms with Crippen molar-refractivity contribution in [3.8, 4) is 0 Å². The lowest BCUT2D eigenvalue weighted by molar-refractivity contribution is -0.133. The second kappa shape index (κ2) is 11.8. The summed E-state index contributed by atoms with van der Waals surface area (Å²) in [6.45, 7) is 2.31. The van der Waals surface area contributed by atoms with Crippen molar-refractivity contribution in [1.29, 1.82) is 0 Å². The maximum Gasteiger partial charge on any atom is 0.326 e. The molecule has 0 spiro atoms. The summed E-state index contributed by atoms with van der Waals surface area (Å²) < 4.78 is 27.1. The summed E-state index contributed by atoms with van der Waals surface area (Å²) in [4.78, 5) is 37.2. The number of nitrogens with one attached hydrogen (secondary N) is 2. The summed E-state index contributed by atoms with van der Waals surface area (Å²) in [5, 5.41) is 2.95. The van der Waals surface area contributed by atoms with Gasteiger partial charge in [0.25, 0.3) is 5.91 Å². The molecule has 0 aliphatic carbocycles. The largest absolute Gasteiger partial charge is 0.369 e. The van der Waals surface area contributed by atoms with E-state index >= 15 is 0 Å². The number of amides is 3. The van der Waals surface area contributed by atoms with Crippen molar-refractivity contribution in [3.05, 3.63) is 65.7 Å². The lowest BCUT2D eigenvalue weighted by atomic mass is 9.81. The van der Waals surface area contributed by atoms with Crippen LogP contribution < -0.4 is 20.1 Å². The molecular weight excluding hydrogens is 468 g/mol. The Bertz CT molecular complexity index is 1140. The van der Waals surface area contributed by atoms with E-state index in [1.54, 1.807) is 24.3 Å². The second-order valence-electron chi connectivity index (χ2n) is 8.71. The topological polar surface area (TPSA) is 139 Å².